The molecule has 6 nitrogen and oxygen atoms in total. The number of fused-ring (bicyclic) bond motifs is 2. The molecule has 0 spiro atoms. The fraction of sp³-hybridized carbons (Fsp3) is 0.333. The van der Waals surface area contributed by atoms with Gasteiger partial charge in [0.25, 0.3) is 5.91 Å². The number of aliphatic hydroxyl groups is 1. The highest BCUT2D eigenvalue weighted by molar-refractivity contribution is 5.93. The highest BCUT2D eigenvalue weighted by Gasteiger charge is 2.24. The number of carbonyl (C=O) groups excluding carboxylic acids is 1. The van der Waals surface area contributed by atoms with Gasteiger partial charge in [0, 0.05) is 23.7 Å². The molecule has 1 aromatic carbocycles. The zero-order valence-electron chi connectivity index (χ0n) is 13.1. The van der Waals surface area contributed by atoms with Crippen LogP contribution in [0.2, 0.25) is 0 Å². The number of aromatic nitrogens is 1. The number of primary amides is 1. The van der Waals surface area contributed by atoms with Crippen LogP contribution in [0.25, 0.3) is 11.1 Å². The first-order chi connectivity index (χ1) is 11.6. The predicted molar refractivity (Wildman–Crippen MR) is 86.6 cm³/mol. The number of hydrogen-bond donors (Lipinski definition) is 2. The Hall–Kier alpha value is -2.44. The van der Waals surface area contributed by atoms with Crippen molar-refractivity contribution in [2.45, 2.75) is 25.6 Å². The number of amides is 1. The summed E-state index contributed by atoms with van der Waals surface area (Å²) in [6.07, 6.45) is 2.33. The first-order valence-corrected chi connectivity index (χ1v) is 7.98. The fourth-order valence-corrected chi connectivity index (χ4v) is 3.38. The van der Waals surface area contributed by atoms with E-state index in [4.69, 9.17) is 15.2 Å². The second-order valence-corrected chi connectivity index (χ2v) is 6.05. The maximum Gasteiger partial charge on any atom is 0.267 e. The lowest BCUT2D eigenvalue weighted by Crippen LogP contribution is -2.22. The molecule has 0 radical (unpaired) electrons. The molecule has 0 saturated carbocycles. The highest BCUT2D eigenvalue weighted by Crippen LogP contribution is 2.37. The van der Waals surface area contributed by atoms with Crippen molar-refractivity contribution in [3.05, 3.63) is 46.8 Å². The number of benzene rings is 1. The van der Waals surface area contributed by atoms with Crippen molar-refractivity contribution in [1.82, 2.24) is 4.98 Å². The summed E-state index contributed by atoms with van der Waals surface area (Å²) in [5.74, 6) is 0.193. The van der Waals surface area contributed by atoms with Crippen molar-refractivity contribution in [2.75, 3.05) is 13.2 Å². The standard InChI is InChI=1S/C18H18N2O4/c19-18(22)17-11-3-5-23-9-14(11)13(8-20-17)10-1-2-16-12(7-10)15(21)4-6-24-16/h1-2,7-8,15,21H,3-6,9H2,(H2,19,22). The normalized spacial score (nSPS) is 19.1. The largest absolute Gasteiger partial charge is 0.493 e. The lowest BCUT2D eigenvalue weighted by Gasteiger charge is -2.24. The topological polar surface area (TPSA) is 94.7 Å². The molecule has 124 valence electrons. The number of aliphatic hydroxyl groups excluding tert-OH is 1. The van der Waals surface area contributed by atoms with Crippen LogP contribution in [0.3, 0.4) is 0 Å². The lowest BCUT2D eigenvalue weighted by atomic mass is 9.91. The second kappa shape index (κ2) is 5.89. The molecule has 2 aliphatic rings. The average Bonchev–Trinajstić information content (AvgIpc) is 2.61. The van der Waals surface area contributed by atoms with Gasteiger partial charge in [-0.15, -0.1) is 0 Å². The summed E-state index contributed by atoms with van der Waals surface area (Å²) >= 11 is 0. The summed E-state index contributed by atoms with van der Waals surface area (Å²) in [5.41, 5.74) is 10.2. The van der Waals surface area contributed by atoms with Crippen molar-refractivity contribution in [1.29, 1.82) is 0 Å². The third-order valence-corrected chi connectivity index (χ3v) is 4.60. The molecule has 0 bridgehead atoms. The first-order valence-electron chi connectivity index (χ1n) is 7.98. The summed E-state index contributed by atoms with van der Waals surface area (Å²) in [5, 5.41) is 10.2. The molecule has 6 heteroatoms. The number of nitrogens with zero attached hydrogens (tertiary/aromatic N) is 1. The Morgan fingerprint density at radius 1 is 1.29 bits per heavy atom. The SMILES string of the molecule is NC(=O)c1ncc(-c2ccc3c(c2)C(O)CCO3)c2c1CCOC2. The van der Waals surface area contributed by atoms with Crippen molar-refractivity contribution < 1.29 is 19.4 Å². The van der Waals surface area contributed by atoms with E-state index in [0.29, 0.717) is 44.1 Å². The maximum atomic E-state index is 11.6. The van der Waals surface area contributed by atoms with E-state index in [9.17, 15) is 9.90 Å². The Balaban J connectivity index is 1.85. The van der Waals surface area contributed by atoms with Crippen LogP contribution in [0.1, 0.15) is 39.7 Å². The van der Waals surface area contributed by atoms with Gasteiger partial charge < -0.3 is 20.3 Å². The van der Waals surface area contributed by atoms with Gasteiger partial charge in [-0.05, 0) is 35.2 Å². The molecule has 2 aromatic rings. The van der Waals surface area contributed by atoms with Crippen LogP contribution in [0.4, 0.5) is 0 Å². The molecule has 3 heterocycles. The molecule has 0 saturated heterocycles. The molecule has 3 N–H and O–H groups in total. The molecular formula is C18H18N2O4. The van der Waals surface area contributed by atoms with E-state index in [1.54, 1.807) is 6.20 Å². The van der Waals surface area contributed by atoms with Gasteiger partial charge in [-0.3, -0.25) is 9.78 Å². The molecule has 0 aliphatic carbocycles. The third kappa shape index (κ3) is 2.44. The Morgan fingerprint density at radius 2 is 2.17 bits per heavy atom. The van der Waals surface area contributed by atoms with Crippen molar-refractivity contribution in [3.63, 3.8) is 0 Å². The van der Waals surface area contributed by atoms with Gasteiger partial charge in [-0.25, -0.2) is 0 Å². The van der Waals surface area contributed by atoms with Crippen LogP contribution < -0.4 is 10.5 Å². The summed E-state index contributed by atoms with van der Waals surface area (Å²) in [6.45, 7) is 1.49. The van der Waals surface area contributed by atoms with Crippen LogP contribution in [0, 0.1) is 0 Å². The minimum atomic E-state index is -0.529. The zero-order chi connectivity index (χ0) is 16.7. The number of rotatable bonds is 2. The highest BCUT2D eigenvalue weighted by atomic mass is 16.5. The van der Waals surface area contributed by atoms with Gasteiger partial charge in [0.15, 0.2) is 0 Å². The van der Waals surface area contributed by atoms with Gasteiger partial charge in [-0.2, -0.15) is 0 Å². The predicted octanol–water partition coefficient (Wildman–Crippen LogP) is 1.74. The van der Waals surface area contributed by atoms with Crippen LogP contribution >= 0.6 is 0 Å². The van der Waals surface area contributed by atoms with E-state index in [2.05, 4.69) is 4.98 Å². The summed E-state index contributed by atoms with van der Waals surface area (Å²) in [7, 11) is 0. The van der Waals surface area contributed by atoms with E-state index < -0.39 is 12.0 Å². The summed E-state index contributed by atoms with van der Waals surface area (Å²) < 4.78 is 11.2. The fourth-order valence-electron chi connectivity index (χ4n) is 3.38. The molecular weight excluding hydrogens is 308 g/mol. The summed E-state index contributed by atoms with van der Waals surface area (Å²) in [4.78, 5) is 15.9. The lowest BCUT2D eigenvalue weighted by molar-refractivity contribution is 0.0979. The average molecular weight is 326 g/mol. The van der Waals surface area contributed by atoms with Crippen LogP contribution in [0.5, 0.6) is 5.75 Å². The molecule has 24 heavy (non-hydrogen) atoms. The van der Waals surface area contributed by atoms with E-state index >= 15 is 0 Å². The third-order valence-electron chi connectivity index (χ3n) is 4.60. The molecule has 1 amide bonds. The number of carbonyl (C=O) groups is 1. The van der Waals surface area contributed by atoms with Gasteiger partial charge in [0.05, 0.1) is 25.9 Å². The monoisotopic (exact) mass is 326 g/mol. The van der Waals surface area contributed by atoms with Crippen molar-refractivity contribution in [2.24, 2.45) is 5.73 Å². The van der Waals surface area contributed by atoms with E-state index in [-0.39, 0.29) is 0 Å². The number of nitrogens with two attached hydrogens (primary N) is 1. The van der Waals surface area contributed by atoms with Gasteiger partial charge in [0.1, 0.15) is 11.4 Å². The molecule has 1 aromatic heterocycles. The minimum Gasteiger partial charge on any atom is -0.493 e. The van der Waals surface area contributed by atoms with Gasteiger partial charge in [-0.1, -0.05) is 6.07 Å². The Bertz CT molecular complexity index is 819. The Labute approximate surface area is 139 Å². The molecule has 2 aliphatic heterocycles. The number of hydrogen-bond acceptors (Lipinski definition) is 5. The van der Waals surface area contributed by atoms with Crippen LogP contribution in [0.15, 0.2) is 24.4 Å². The Morgan fingerprint density at radius 3 is 3.00 bits per heavy atom. The minimum absolute atomic E-state index is 0.318. The van der Waals surface area contributed by atoms with Crippen LogP contribution in [-0.2, 0) is 17.8 Å². The van der Waals surface area contributed by atoms with Gasteiger partial charge in [0.2, 0.25) is 0 Å². The molecule has 0 fully saturated rings. The van der Waals surface area contributed by atoms with Crippen LogP contribution in [-0.4, -0.2) is 29.2 Å². The number of ether oxygens (including phenoxy) is 2. The maximum absolute atomic E-state index is 11.6. The second-order valence-electron chi connectivity index (χ2n) is 6.05. The van der Waals surface area contributed by atoms with E-state index in [1.165, 1.54) is 0 Å². The summed E-state index contributed by atoms with van der Waals surface area (Å²) in [6, 6.07) is 5.73. The zero-order valence-corrected chi connectivity index (χ0v) is 13.1. The van der Waals surface area contributed by atoms with Crippen molar-refractivity contribution in [3.8, 4) is 16.9 Å². The molecule has 4 rings (SSSR count). The quantitative estimate of drug-likeness (QED) is 0.876. The smallest absolute Gasteiger partial charge is 0.267 e. The van der Waals surface area contributed by atoms with E-state index in [1.807, 2.05) is 18.2 Å². The number of pyridine rings is 1. The van der Waals surface area contributed by atoms with Crippen molar-refractivity contribution >= 4 is 5.91 Å². The molecule has 1 unspecified atom stereocenters. The first kappa shape index (κ1) is 15.1. The Kier molecular flexibility index (Phi) is 3.70. The van der Waals surface area contributed by atoms with E-state index in [0.717, 1.165) is 27.8 Å². The van der Waals surface area contributed by atoms with Gasteiger partial charge >= 0.3 is 0 Å². The molecule has 1 atom stereocenters.